The predicted molar refractivity (Wildman–Crippen MR) is 170 cm³/mol. The summed E-state index contributed by atoms with van der Waals surface area (Å²) in [5, 5.41) is 10.6. The van der Waals surface area contributed by atoms with Gasteiger partial charge in [0.25, 0.3) is 0 Å². The first kappa shape index (κ1) is 30.1. The van der Waals surface area contributed by atoms with Crippen LogP contribution in [-0.2, 0) is 22.5 Å². The molecule has 2 saturated heterocycles. The Morgan fingerprint density at radius 1 is 1.05 bits per heavy atom. The highest BCUT2D eigenvalue weighted by Gasteiger charge is 2.54. The molecule has 3 aromatic carbocycles. The lowest BCUT2D eigenvalue weighted by Gasteiger charge is -2.45. The molecule has 4 aromatic rings. The average molecular weight is 617 g/mol. The van der Waals surface area contributed by atoms with E-state index in [-0.39, 0.29) is 37.5 Å². The highest BCUT2D eigenvalue weighted by Crippen LogP contribution is 2.45. The normalized spacial score (nSPS) is 19.1. The molecule has 0 N–H and O–H groups in total. The van der Waals surface area contributed by atoms with E-state index in [4.69, 9.17) is 4.74 Å². The van der Waals surface area contributed by atoms with Crippen molar-refractivity contribution in [3.8, 4) is 0 Å². The van der Waals surface area contributed by atoms with E-state index in [1.54, 1.807) is 29.9 Å². The number of likely N-dealkylation sites (tertiary alicyclic amines) is 1. The Labute approximate surface area is 263 Å². The molecule has 0 unspecified atom stereocenters. The number of nitrogens with zero attached hydrogens (tertiary/aromatic N) is 6. The van der Waals surface area contributed by atoms with E-state index < -0.39 is 11.5 Å². The molecule has 3 aliphatic rings. The maximum Gasteiger partial charge on any atom is 0.360 e. The molecule has 9 nitrogen and oxygen atoms in total. The first-order valence-corrected chi connectivity index (χ1v) is 15.1. The van der Waals surface area contributed by atoms with Gasteiger partial charge < -0.3 is 14.5 Å². The maximum atomic E-state index is 14.2. The molecule has 1 spiro atoms. The van der Waals surface area contributed by atoms with E-state index in [9.17, 15) is 14.0 Å². The fraction of sp³-hybridized carbons (Fsp3) is 0.394. The molecule has 3 heterocycles. The van der Waals surface area contributed by atoms with Gasteiger partial charge >= 0.3 is 5.97 Å². The summed E-state index contributed by atoms with van der Waals surface area (Å²) in [7, 11) is 0. The predicted octanol–water partition coefficient (Wildman–Crippen LogP) is 4.69. The number of aryl methyl sites for hydroxylation is 1. The van der Waals surface area contributed by atoms with Crippen LogP contribution in [-0.4, -0.2) is 75.1 Å². The minimum absolute atomic E-state index is 0. The second-order valence-electron chi connectivity index (χ2n) is 11.7. The fourth-order valence-corrected chi connectivity index (χ4v) is 7.26. The van der Waals surface area contributed by atoms with E-state index in [2.05, 4.69) is 56.5 Å². The number of ether oxygens (including phenoxy) is 1. The number of hydrogen-bond donors (Lipinski definition) is 0. The second-order valence-corrected chi connectivity index (χ2v) is 11.7. The molecular formula is C33H37FN6O3S. The number of halogens is 1. The summed E-state index contributed by atoms with van der Waals surface area (Å²) in [5.74, 6) is -0.663. The Morgan fingerprint density at radius 2 is 1.80 bits per heavy atom. The molecule has 0 radical (unpaired) electrons. The van der Waals surface area contributed by atoms with Crippen LogP contribution in [0.5, 0.6) is 0 Å². The lowest BCUT2D eigenvalue weighted by molar-refractivity contribution is -0.133. The van der Waals surface area contributed by atoms with Gasteiger partial charge in [-0.25, -0.2) is 9.18 Å². The quantitative estimate of drug-likeness (QED) is 0.266. The van der Waals surface area contributed by atoms with Crippen LogP contribution in [0.25, 0.3) is 10.8 Å². The van der Waals surface area contributed by atoms with Crippen LogP contribution in [0.2, 0.25) is 0 Å². The van der Waals surface area contributed by atoms with Gasteiger partial charge in [0, 0.05) is 37.9 Å². The zero-order chi connectivity index (χ0) is 29.6. The van der Waals surface area contributed by atoms with Gasteiger partial charge in [-0.1, -0.05) is 41.6 Å². The van der Waals surface area contributed by atoms with Gasteiger partial charge in [-0.15, -0.1) is 5.10 Å². The number of anilines is 1. The van der Waals surface area contributed by atoms with Crippen LogP contribution < -0.4 is 4.90 Å². The Bertz CT molecular complexity index is 1660. The van der Waals surface area contributed by atoms with Crippen molar-refractivity contribution in [2.45, 2.75) is 50.7 Å². The van der Waals surface area contributed by atoms with Crippen molar-refractivity contribution >= 4 is 41.8 Å². The fourth-order valence-electron chi connectivity index (χ4n) is 7.26. The SMILES string of the molecule is CCOC(=O)c1cn(CCCN2CN(c3ccc(F)cc3)C3(CCN([C@H]4Cc5cccc6cccc4c56)CC3)C2=O)nn1.S. The number of hydrogen-bond acceptors (Lipinski definition) is 7. The Balaban J connectivity index is 0.00000343. The van der Waals surface area contributed by atoms with Crippen LogP contribution in [0.1, 0.15) is 53.8 Å². The molecule has 1 aliphatic carbocycles. The summed E-state index contributed by atoms with van der Waals surface area (Å²) >= 11 is 0. The minimum atomic E-state index is -0.671. The number of amides is 1. The Hall–Kier alpha value is -3.96. The summed E-state index contributed by atoms with van der Waals surface area (Å²) in [6, 6.07) is 20.0. The van der Waals surface area contributed by atoms with Crippen LogP contribution in [0, 0.1) is 5.82 Å². The van der Waals surface area contributed by atoms with E-state index in [0.29, 0.717) is 45.1 Å². The lowest BCUT2D eigenvalue weighted by Crippen LogP contribution is -2.57. The van der Waals surface area contributed by atoms with Gasteiger partial charge in [0.05, 0.1) is 19.5 Å². The highest BCUT2D eigenvalue weighted by atomic mass is 32.1. The molecule has 1 atom stereocenters. The topological polar surface area (TPSA) is 83.8 Å². The van der Waals surface area contributed by atoms with Gasteiger partial charge in [-0.2, -0.15) is 13.5 Å². The molecule has 11 heteroatoms. The van der Waals surface area contributed by atoms with Crippen molar-refractivity contribution in [3.63, 3.8) is 0 Å². The number of benzene rings is 3. The summed E-state index contributed by atoms with van der Waals surface area (Å²) in [4.78, 5) is 32.8. The van der Waals surface area contributed by atoms with E-state index >= 15 is 0 Å². The van der Waals surface area contributed by atoms with Crippen molar-refractivity contribution in [2.75, 3.05) is 37.8 Å². The number of piperidine rings is 1. The average Bonchev–Trinajstić information content (AvgIpc) is 3.72. The number of rotatable bonds is 8. The Morgan fingerprint density at radius 3 is 2.55 bits per heavy atom. The van der Waals surface area contributed by atoms with Crippen LogP contribution in [0.3, 0.4) is 0 Å². The summed E-state index contributed by atoms with van der Waals surface area (Å²) in [5.41, 5.74) is 3.15. The molecule has 2 fully saturated rings. The number of esters is 1. The van der Waals surface area contributed by atoms with Crippen molar-refractivity contribution in [1.82, 2.24) is 24.8 Å². The monoisotopic (exact) mass is 616 g/mol. The largest absolute Gasteiger partial charge is 0.461 e. The molecule has 1 aromatic heterocycles. The summed E-state index contributed by atoms with van der Waals surface area (Å²) < 4.78 is 20.5. The maximum absolute atomic E-state index is 14.2. The first-order valence-electron chi connectivity index (χ1n) is 15.1. The van der Waals surface area contributed by atoms with E-state index in [1.807, 2.05) is 4.90 Å². The van der Waals surface area contributed by atoms with Crippen molar-refractivity contribution in [1.29, 1.82) is 0 Å². The molecule has 44 heavy (non-hydrogen) atoms. The van der Waals surface area contributed by atoms with Gasteiger partial charge in [0.1, 0.15) is 11.4 Å². The third-order valence-corrected chi connectivity index (χ3v) is 9.35. The van der Waals surface area contributed by atoms with Crippen LogP contribution >= 0.6 is 13.5 Å². The van der Waals surface area contributed by atoms with Gasteiger partial charge in [0.2, 0.25) is 5.91 Å². The standard InChI is InChI=1S/C33H35FN6O3.H2S/c1-2-43-31(41)28-21-39(36-35-28)17-5-16-38-22-40(26-12-10-25(34)11-13-26)33(32(38)42)14-18-37(19-15-33)29-20-24-8-3-6-23-7-4-9-27(29)30(23)24;/h3-4,6-13,21,29H,2,5,14-20,22H2,1H3;1H2/t29-;/m0./s1. The molecule has 7 rings (SSSR count). The number of carbonyl (C=O) groups is 2. The third kappa shape index (κ3) is 5.21. The molecule has 230 valence electrons. The zero-order valence-corrected chi connectivity index (χ0v) is 25.8. The highest BCUT2D eigenvalue weighted by molar-refractivity contribution is 7.59. The summed E-state index contributed by atoms with van der Waals surface area (Å²) in [6.45, 7) is 5.14. The zero-order valence-electron chi connectivity index (χ0n) is 24.8. The van der Waals surface area contributed by atoms with Crippen molar-refractivity contribution < 1.29 is 18.7 Å². The second kappa shape index (κ2) is 12.2. The smallest absolute Gasteiger partial charge is 0.360 e. The van der Waals surface area contributed by atoms with Crippen molar-refractivity contribution in [3.05, 3.63) is 89.5 Å². The van der Waals surface area contributed by atoms with Crippen LogP contribution in [0.4, 0.5) is 10.1 Å². The first-order chi connectivity index (χ1) is 21.0. The third-order valence-electron chi connectivity index (χ3n) is 9.35. The molecule has 1 amide bonds. The Kier molecular flexibility index (Phi) is 8.34. The molecule has 2 aliphatic heterocycles. The number of carbonyl (C=O) groups excluding carboxylic acids is 2. The van der Waals surface area contributed by atoms with Crippen molar-refractivity contribution in [2.24, 2.45) is 0 Å². The van der Waals surface area contributed by atoms with E-state index in [1.165, 1.54) is 34.0 Å². The van der Waals surface area contributed by atoms with Gasteiger partial charge in [-0.3, -0.25) is 14.4 Å². The van der Waals surface area contributed by atoms with Gasteiger partial charge in [-0.05, 0) is 78.8 Å². The lowest BCUT2D eigenvalue weighted by atomic mass is 9.84. The molecule has 0 saturated carbocycles. The summed E-state index contributed by atoms with van der Waals surface area (Å²) in [6.07, 6.45) is 4.63. The van der Waals surface area contributed by atoms with Crippen LogP contribution in [0.15, 0.2) is 66.9 Å². The minimum Gasteiger partial charge on any atom is -0.461 e. The molecule has 0 bridgehead atoms. The molecular weight excluding hydrogens is 579 g/mol. The number of aromatic nitrogens is 3. The van der Waals surface area contributed by atoms with E-state index in [0.717, 1.165) is 25.2 Å². The van der Waals surface area contributed by atoms with Gasteiger partial charge in [0.15, 0.2) is 5.69 Å².